The van der Waals surface area contributed by atoms with E-state index in [4.69, 9.17) is 0 Å². The summed E-state index contributed by atoms with van der Waals surface area (Å²) in [6, 6.07) is 20.5. The number of aromatic nitrogens is 1. The van der Waals surface area contributed by atoms with E-state index in [0.717, 1.165) is 16.8 Å². The zero-order chi connectivity index (χ0) is 20.9. The highest BCUT2D eigenvalue weighted by atomic mass is 32.2. The van der Waals surface area contributed by atoms with E-state index in [1.807, 2.05) is 55.5 Å². The average Bonchev–Trinajstić information content (AvgIpc) is 2.73. The van der Waals surface area contributed by atoms with Crippen LogP contribution in [0.4, 0.5) is 0 Å². The van der Waals surface area contributed by atoms with Crippen LogP contribution in [0.25, 0.3) is 11.3 Å². The lowest BCUT2D eigenvalue weighted by atomic mass is 10.1. The highest BCUT2D eigenvalue weighted by molar-refractivity contribution is 7.88. The van der Waals surface area contributed by atoms with Crippen LogP contribution in [-0.2, 0) is 22.3 Å². The maximum Gasteiger partial charge on any atom is 0.253 e. The summed E-state index contributed by atoms with van der Waals surface area (Å²) in [7, 11) is -1.91. The van der Waals surface area contributed by atoms with Gasteiger partial charge in [0.1, 0.15) is 0 Å². The molecule has 0 bridgehead atoms. The topological polar surface area (TPSA) is 88.2 Å². The first kappa shape index (κ1) is 20.7. The third-order valence-corrected chi connectivity index (χ3v) is 5.88. The minimum Gasteiger partial charge on any atom is -0.348 e. The smallest absolute Gasteiger partial charge is 0.253 e. The van der Waals surface area contributed by atoms with E-state index in [-0.39, 0.29) is 11.7 Å². The van der Waals surface area contributed by atoms with Crippen LogP contribution in [0.5, 0.6) is 0 Å². The van der Waals surface area contributed by atoms with E-state index in [1.165, 1.54) is 7.05 Å². The second kappa shape index (κ2) is 8.98. The molecule has 7 heteroatoms. The predicted molar refractivity (Wildman–Crippen MR) is 114 cm³/mol. The third kappa shape index (κ3) is 5.49. The Labute approximate surface area is 171 Å². The molecule has 0 unspecified atom stereocenters. The molecular formula is C22H23N3O3S. The Morgan fingerprint density at radius 3 is 2.21 bits per heavy atom. The fraction of sp³-hybridized carbons (Fsp3) is 0.182. The molecule has 6 nitrogen and oxygen atoms in total. The minimum atomic E-state index is -3.30. The number of nitrogens with zero attached hydrogens (tertiary/aromatic N) is 1. The van der Waals surface area contributed by atoms with Crippen molar-refractivity contribution in [3.63, 3.8) is 0 Å². The van der Waals surface area contributed by atoms with Crippen LogP contribution in [0.3, 0.4) is 0 Å². The van der Waals surface area contributed by atoms with Crippen LogP contribution < -0.4 is 10.0 Å². The number of carbonyl (C=O) groups excluding carboxylic acids is 1. The second-order valence-electron chi connectivity index (χ2n) is 6.66. The Balaban J connectivity index is 1.63. The van der Waals surface area contributed by atoms with Gasteiger partial charge < -0.3 is 5.32 Å². The molecule has 0 radical (unpaired) electrons. The zero-order valence-electron chi connectivity index (χ0n) is 16.3. The maximum atomic E-state index is 12.5. The number of rotatable bonds is 7. The van der Waals surface area contributed by atoms with Crippen molar-refractivity contribution in [2.24, 2.45) is 0 Å². The molecule has 1 aromatic heterocycles. The van der Waals surface area contributed by atoms with Crippen LogP contribution in [0.15, 0.2) is 66.7 Å². The van der Waals surface area contributed by atoms with E-state index in [0.29, 0.717) is 23.4 Å². The average molecular weight is 410 g/mol. The highest BCUT2D eigenvalue weighted by Crippen LogP contribution is 2.18. The summed E-state index contributed by atoms with van der Waals surface area (Å²) >= 11 is 0. The van der Waals surface area contributed by atoms with Crippen molar-refractivity contribution < 1.29 is 13.2 Å². The Bertz CT molecular complexity index is 1100. The Morgan fingerprint density at radius 1 is 0.931 bits per heavy atom. The lowest BCUT2D eigenvalue weighted by Crippen LogP contribution is -2.24. The Hall–Kier alpha value is -3.03. The van der Waals surface area contributed by atoms with E-state index in [1.54, 1.807) is 18.2 Å². The molecule has 2 N–H and O–H groups in total. The molecule has 3 rings (SSSR count). The van der Waals surface area contributed by atoms with Crippen LogP contribution >= 0.6 is 0 Å². The molecule has 3 aromatic rings. The maximum absolute atomic E-state index is 12.5. The SMILES string of the molecule is CNS(=O)(=O)Cc1ccc(CNC(=O)c2ccc(-c3ccccc3)nc2C)cc1. The van der Waals surface area contributed by atoms with Gasteiger partial charge in [0.05, 0.1) is 22.7 Å². The number of hydrogen-bond donors (Lipinski definition) is 2. The molecule has 0 aliphatic heterocycles. The van der Waals surface area contributed by atoms with Crippen molar-refractivity contribution in [3.05, 3.63) is 89.1 Å². The molecular weight excluding hydrogens is 386 g/mol. The van der Waals surface area contributed by atoms with E-state index < -0.39 is 10.0 Å². The van der Waals surface area contributed by atoms with Gasteiger partial charge in [-0.25, -0.2) is 13.1 Å². The van der Waals surface area contributed by atoms with Crippen molar-refractivity contribution in [1.29, 1.82) is 0 Å². The fourth-order valence-electron chi connectivity index (χ4n) is 2.89. The summed E-state index contributed by atoms with van der Waals surface area (Å²) in [6.07, 6.45) is 0. The van der Waals surface area contributed by atoms with Gasteiger partial charge in [-0.2, -0.15) is 0 Å². The van der Waals surface area contributed by atoms with E-state index in [2.05, 4.69) is 15.0 Å². The molecule has 2 aromatic carbocycles. The number of carbonyl (C=O) groups is 1. The third-order valence-electron chi connectivity index (χ3n) is 4.54. The molecule has 0 spiro atoms. The largest absolute Gasteiger partial charge is 0.348 e. The van der Waals surface area contributed by atoms with E-state index in [9.17, 15) is 13.2 Å². The highest BCUT2D eigenvalue weighted by Gasteiger charge is 2.12. The number of sulfonamides is 1. The molecule has 0 fully saturated rings. The zero-order valence-corrected chi connectivity index (χ0v) is 17.2. The number of aryl methyl sites for hydroxylation is 1. The standard InChI is InChI=1S/C22H23N3O3S/c1-16-20(12-13-21(25-16)19-6-4-3-5-7-19)22(26)24-14-17-8-10-18(11-9-17)15-29(27,28)23-2/h3-13,23H,14-15H2,1-2H3,(H,24,26). The lowest BCUT2D eigenvalue weighted by molar-refractivity contribution is 0.0950. The fourth-order valence-corrected chi connectivity index (χ4v) is 3.67. The van der Waals surface area contributed by atoms with Gasteiger partial charge in [-0.1, -0.05) is 54.6 Å². The van der Waals surface area contributed by atoms with Crippen molar-refractivity contribution >= 4 is 15.9 Å². The predicted octanol–water partition coefficient (Wildman–Crippen LogP) is 3.04. The Kier molecular flexibility index (Phi) is 6.41. The molecule has 0 aliphatic rings. The monoisotopic (exact) mass is 409 g/mol. The lowest BCUT2D eigenvalue weighted by Gasteiger charge is -2.10. The number of hydrogen-bond acceptors (Lipinski definition) is 4. The van der Waals surface area contributed by atoms with Crippen molar-refractivity contribution in [2.45, 2.75) is 19.2 Å². The van der Waals surface area contributed by atoms with Gasteiger partial charge >= 0.3 is 0 Å². The molecule has 29 heavy (non-hydrogen) atoms. The quantitative estimate of drug-likeness (QED) is 0.628. The summed E-state index contributed by atoms with van der Waals surface area (Å²) in [5.74, 6) is -0.272. The number of pyridine rings is 1. The molecule has 150 valence electrons. The van der Waals surface area contributed by atoms with Crippen LogP contribution in [0, 0.1) is 6.92 Å². The van der Waals surface area contributed by atoms with Gasteiger partial charge in [0, 0.05) is 12.1 Å². The van der Waals surface area contributed by atoms with Gasteiger partial charge in [-0.3, -0.25) is 9.78 Å². The first-order valence-electron chi connectivity index (χ1n) is 9.18. The van der Waals surface area contributed by atoms with Gasteiger partial charge in [-0.15, -0.1) is 0 Å². The molecule has 1 heterocycles. The first-order valence-corrected chi connectivity index (χ1v) is 10.8. The molecule has 0 saturated carbocycles. The molecule has 0 saturated heterocycles. The normalized spacial score (nSPS) is 11.2. The van der Waals surface area contributed by atoms with Crippen molar-refractivity contribution in [1.82, 2.24) is 15.0 Å². The van der Waals surface area contributed by atoms with Gasteiger partial charge in [0.15, 0.2) is 0 Å². The van der Waals surface area contributed by atoms with Gasteiger partial charge in [0.25, 0.3) is 5.91 Å². The van der Waals surface area contributed by atoms with Gasteiger partial charge in [0.2, 0.25) is 10.0 Å². The first-order chi connectivity index (χ1) is 13.9. The molecule has 1 amide bonds. The minimum absolute atomic E-state index is 0.0746. The summed E-state index contributed by atoms with van der Waals surface area (Å²) in [6.45, 7) is 2.16. The summed E-state index contributed by atoms with van der Waals surface area (Å²) in [5, 5.41) is 2.88. The number of nitrogens with one attached hydrogen (secondary N) is 2. The van der Waals surface area contributed by atoms with E-state index >= 15 is 0 Å². The van der Waals surface area contributed by atoms with Crippen LogP contribution in [0.1, 0.15) is 27.2 Å². The van der Waals surface area contributed by atoms with Crippen molar-refractivity contribution in [2.75, 3.05) is 7.05 Å². The van der Waals surface area contributed by atoms with Crippen LogP contribution in [-0.4, -0.2) is 26.4 Å². The summed E-state index contributed by atoms with van der Waals surface area (Å²) in [5.41, 5.74) is 4.59. The van der Waals surface area contributed by atoms with Crippen molar-refractivity contribution in [3.8, 4) is 11.3 Å². The summed E-state index contributed by atoms with van der Waals surface area (Å²) < 4.78 is 25.5. The van der Waals surface area contributed by atoms with Crippen LogP contribution in [0.2, 0.25) is 0 Å². The number of amides is 1. The summed E-state index contributed by atoms with van der Waals surface area (Å²) in [4.78, 5) is 17.1. The number of benzene rings is 2. The molecule has 0 aliphatic carbocycles. The second-order valence-corrected chi connectivity index (χ2v) is 8.58. The molecule has 0 atom stereocenters. The Morgan fingerprint density at radius 2 is 1.59 bits per heavy atom. The van der Waals surface area contributed by atoms with Gasteiger partial charge in [-0.05, 0) is 37.2 Å².